The number of phenolic OH excluding ortho intramolecular Hbond substituents is 2. The summed E-state index contributed by atoms with van der Waals surface area (Å²) in [6, 6.07) is 14.6. The van der Waals surface area contributed by atoms with Crippen LogP contribution in [0.5, 0.6) is 23.5 Å². The predicted molar refractivity (Wildman–Crippen MR) is 334 cm³/mol. The van der Waals surface area contributed by atoms with Crippen molar-refractivity contribution in [2.24, 2.45) is 11.3 Å². The average molecular weight is 1230 g/mol. The van der Waals surface area contributed by atoms with E-state index >= 15 is 22.0 Å². The number of alkyl halides is 1. The maximum atomic E-state index is 18.1. The normalized spacial score (nSPS) is 25.8. The van der Waals surface area contributed by atoms with Gasteiger partial charge in [-0.25, -0.2) is 22.0 Å². The van der Waals surface area contributed by atoms with Crippen molar-refractivity contribution in [1.29, 1.82) is 0 Å². The van der Waals surface area contributed by atoms with Gasteiger partial charge < -0.3 is 49.0 Å². The van der Waals surface area contributed by atoms with Gasteiger partial charge in [0.25, 0.3) is 0 Å². The van der Waals surface area contributed by atoms with Crippen LogP contribution in [-0.2, 0) is 9.47 Å². The first-order valence-corrected chi connectivity index (χ1v) is 31.0. The van der Waals surface area contributed by atoms with Gasteiger partial charge in [0.2, 0.25) is 0 Å². The van der Waals surface area contributed by atoms with Crippen molar-refractivity contribution in [3.8, 4) is 70.5 Å². The van der Waals surface area contributed by atoms with Gasteiger partial charge in [-0.1, -0.05) is 43.4 Å². The number of fused-ring (bicyclic) bond motifs is 6. The van der Waals surface area contributed by atoms with Gasteiger partial charge in [0.15, 0.2) is 11.6 Å². The van der Waals surface area contributed by atoms with Gasteiger partial charge in [-0.05, 0) is 147 Å². The molecule has 6 aliphatic rings. The van der Waals surface area contributed by atoms with Gasteiger partial charge >= 0.3 is 12.0 Å². The Bertz CT molecular complexity index is 4310. The standard InChI is InChI=1S/C70H69F5N8O7/c1-6-43-53(71)17-12-40-27-41(84)28-49(57(40)43)45-13-15-47-61(59(45)74)77-67(78-64(47)81-23-25-87-34-39(3)33-81)90-38-70-20-10-22-83(70)63(55(73)32-70)52-31-54(72)44(7-2)58-50(29-42(85)30-51(52)58)46-14-16-48-62(60(46)75)76-66(79-65(48)82-24-26-88-36-68(4,86)35-82)89-37-69-18-8-11-56(69)80(5)21-9-19-69/h1-2,12-17,27-31,39,55-56,63,84-86H,8-11,18-26,32-38H2,3-5H3. The Labute approximate surface area is 517 Å². The van der Waals surface area contributed by atoms with Crippen LogP contribution in [0.2, 0.25) is 0 Å². The van der Waals surface area contributed by atoms with E-state index in [1.54, 1.807) is 19.1 Å². The molecule has 8 aromatic rings. The first-order chi connectivity index (χ1) is 43.4. The maximum Gasteiger partial charge on any atom is 0.319 e. The summed E-state index contributed by atoms with van der Waals surface area (Å²) in [6.07, 6.45) is 16.3. The van der Waals surface area contributed by atoms with Crippen LogP contribution >= 0.6 is 0 Å². The minimum Gasteiger partial charge on any atom is -0.508 e. The second-order valence-electron chi connectivity index (χ2n) is 26.1. The van der Waals surface area contributed by atoms with Crippen LogP contribution in [-0.4, -0.2) is 154 Å². The summed E-state index contributed by atoms with van der Waals surface area (Å²) in [6.45, 7) is 7.71. The van der Waals surface area contributed by atoms with Crippen molar-refractivity contribution in [3.63, 3.8) is 0 Å². The number of β-amino-alcohol motifs (C(OH)–C–C–N with tert-alkyl or cyclic N) is 1. The van der Waals surface area contributed by atoms with Gasteiger partial charge in [-0.15, -0.1) is 12.8 Å². The van der Waals surface area contributed by atoms with Crippen LogP contribution in [0.25, 0.3) is 65.6 Å². The molecule has 20 heteroatoms. The number of likely N-dealkylation sites (tertiary alicyclic amines) is 1. The molecule has 1 aliphatic carbocycles. The summed E-state index contributed by atoms with van der Waals surface area (Å²) in [5.41, 5.74) is -2.75. The number of aromatic hydroxyl groups is 2. The van der Waals surface area contributed by atoms with Gasteiger partial charge in [0.05, 0.1) is 62.3 Å². The van der Waals surface area contributed by atoms with Gasteiger partial charge in [-0.3, -0.25) is 4.90 Å². The number of ether oxygens (including phenoxy) is 4. The van der Waals surface area contributed by atoms with Gasteiger partial charge in [0, 0.05) is 70.2 Å². The zero-order valence-corrected chi connectivity index (χ0v) is 50.4. The monoisotopic (exact) mass is 1230 g/mol. The first-order valence-electron chi connectivity index (χ1n) is 31.0. The molecule has 0 bridgehead atoms. The number of aliphatic hydroxyl groups is 1. The number of terminal acetylenes is 2. The maximum absolute atomic E-state index is 18.1. The van der Waals surface area contributed by atoms with Crippen LogP contribution in [0.15, 0.2) is 66.7 Å². The number of piperidine rings is 1. The molecule has 0 spiro atoms. The van der Waals surface area contributed by atoms with Crippen LogP contribution < -0.4 is 19.3 Å². The van der Waals surface area contributed by atoms with E-state index in [2.05, 4.69) is 23.8 Å². The first kappa shape index (κ1) is 59.5. The van der Waals surface area contributed by atoms with Crippen LogP contribution in [0.3, 0.4) is 0 Å². The lowest BCUT2D eigenvalue weighted by molar-refractivity contribution is -0.0123. The van der Waals surface area contributed by atoms with Crippen molar-refractivity contribution >= 4 is 55.0 Å². The average Bonchev–Trinajstić information content (AvgIpc) is 1.34. The van der Waals surface area contributed by atoms with Crippen molar-refractivity contribution < 1.29 is 56.2 Å². The van der Waals surface area contributed by atoms with E-state index in [0.717, 1.165) is 38.6 Å². The topological polar surface area (TPSA) is 162 Å². The Morgan fingerprint density at radius 3 is 2.04 bits per heavy atom. The zero-order valence-electron chi connectivity index (χ0n) is 50.4. The van der Waals surface area contributed by atoms with E-state index in [4.69, 9.17) is 51.7 Å². The van der Waals surface area contributed by atoms with E-state index in [9.17, 15) is 15.3 Å². The molecule has 90 heavy (non-hydrogen) atoms. The molecule has 15 nitrogen and oxygen atoms in total. The van der Waals surface area contributed by atoms with Gasteiger partial charge in [0.1, 0.15) is 64.2 Å². The van der Waals surface area contributed by atoms with Crippen molar-refractivity contribution in [2.75, 3.05) is 95.8 Å². The number of halogens is 5. The number of nitrogens with zero attached hydrogens (tertiary/aromatic N) is 8. The molecule has 3 N–H and O–H groups in total. The highest BCUT2D eigenvalue weighted by Gasteiger charge is 2.56. The lowest BCUT2D eigenvalue weighted by atomic mass is 9.76. The molecule has 6 aromatic carbocycles. The van der Waals surface area contributed by atoms with Crippen molar-refractivity contribution in [3.05, 3.63) is 107 Å². The molecular formula is C70H69F5N8O7. The Morgan fingerprint density at radius 1 is 0.689 bits per heavy atom. The number of phenols is 2. The lowest BCUT2D eigenvalue weighted by Gasteiger charge is -2.44. The summed E-state index contributed by atoms with van der Waals surface area (Å²) < 4.78 is 111. The fourth-order valence-electron chi connectivity index (χ4n) is 16.0. The lowest BCUT2D eigenvalue weighted by Crippen LogP contribution is -2.50. The highest BCUT2D eigenvalue weighted by atomic mass is 19.1. The van der Waals surface area contributed by atoms with Crippen LogP contribution in [0.1, 0.15) is 87.9 Å². The third-order valence-electron chi connectivity index (χ3n) is 19.9. The molecule has 0 radical (unpaired) electrons. The molecule has 6 fully saturated rings. The molecular weight excluding hydrogens is 1160 g/mol. The Morgan fingerprint density at radius 2 is 1.32 bits per heavy atom. The number of rotatable bonds is 11. The summed E-state index contributed by atoms with van der Waals surface area (Å²) in [7, 11) is 2.14. The second kappa shape index (κ2) is 23.0. The molecule has 14 rings (SSSR count). The molecule has 5 aliphatic heterocycles. The second-order valence-corrected chi connectivity index (χ2v) is 26.1. The molecule has 7 heterocycles. The van der Waals surface area contributed by atoms with E-state index in [1.165, 1.54) is 54.6 Å². The summed E-state index contributed by atoms with van der Waals surface area (Å²) in [5.74, 6) is 1.94. The summed E-state index contributed by atoms with van der Waals surface area (Å²) >= 11 is 0. The minimum absolute atomic E-state index is 0.0157. The third-order valence-corrected chi connectivity index (χ3v) is 19.9. The van der Waals surface area contributed by atoms with Crippen LogP contribution in [0.4, 0.5) is 33.6 Å². The highest BCUT2D eigenvalue weighted by molar-refractivity contribution is 6.06. The van der Waals surface area contributed by atoms with E-state index in [-0.39, 0.29) is 134 Å². The van der Waals surface area contributed by atoms with Crippen molar-refractivity contribution in [1.82, 2.24) is 29.7 Å². The largest absolute Gasteiger partial charge is 0.508 e. The number of aromatic nitrogens is 4. The Kier molecular flexibility index (Phi) is 15.2. The number of anilines is 2. The number of hydrogen-bond acceptors (Lipinski definition) is 15. The summed E-state index contributed by atoms with van der Waals surface area (Å²) in [5, 5.41) is 35.6. The number of hydrogen-bond donors (Lipinski definition) is 3. The number of benzene rings is 6. The van der Waals surface area contributed by atoms with E-state index < -0.39 is 46.6 Å². The molecule has 5 saturated heterocycles. The van der Waals surface area contributed by atoms with E-state index in [1.807, 2.05) is 21.6 Å². The molecule has 466 valence electrons. The van der Waals surface area contributed by atoms with Gasteiger partial charge in [-0.2, -0.15) is 19.9 Å². The van der Waals surface area contributed by atoms with Crippen molar-refractivity contribution in [2.45, 2.75) is 94.6 Å². The SMILES string of the molecule is C#Cc1c(F)ccc2cc(O)cc(-c3ccc4c(N5CCOCC(C)C5)nc(OCC56CCCN5C(c5cc(F)c(C#C)c7c(-c8ccc9c(N%10CCOCC(C)(O)C%10)nc(OCC%10%11CCCC%10N(C)CCC%11)nc9c8F)cc(O)cc57)C(F)C6)nc4c3F)c12. The molecule has 1 saturated carbocycles. The molecule has 7 atom stereocenters. The van der Waals surface area contributed by atoms with Crippen LogP contribution in [0, 0.1) is 59.3 Å². The fourth-order valence-corrected chi connectivity index (χ4v) is 16.0. The highest BCUT2D eigenvalue weighted by Crippen LogP contribution is 2.54. The van der Waals surface area contributed by atoms with E-state index in [0.29, 0.717) is 92.7 Å². The fraction of sp³-hybridized carbons (Fsp3) is 0.429. The summed E-state index contributed by atoms with van der Waals surface area (Å²) in [4.78, 5) is 27.5. The Balaban J connectivity index is 0.843. The third kappa shape index (κ3) is 10.2. The zero-order chi connectivity index (χ0) is 62.5. The smallest absolute Gasteiger partial charge is 0.319 e. The molecule has 2 aromatic heterocycles. The Hall–Kier alpha value is -8.11. The molecule has 7 unspecified atom stereocenters. The molecule has 0 amide bonds. The minimum atomic E-state index is -1.63. The predicted octanol–water partition coefficient (Wildman–Crippen LogP) is 11.5. The quantitative estimate of drug-likeness (QED) is 0.0828.